The standard InChI is InChI=1S/C23H30N4O2/c1-17-5-4-6-21(15-17)25-23(24-9-10-27-11-13-29-14-12-27)26-22(28)20-8-7-18(2)19(3)16-20/h4-8,15-16H,9-14H2,1-3H3,(H2,24,25,26,28). The zero-order valence-corrected chi connectivity index (χ0v) is 17.5. The molecular formula is C23H30N4O2. The molecule has 2 aromatic rings. The van der Waals surface area contributed by atoms with E-state index in [1.54, 1.807) is 0 Å². The smallest absolute Gasteiger partial charge is 0.257 e. The lowest BCUT2D eigenvalue weighted by Gasteiger charge is -2.25. The summed E-state index contributed by atoms with van der Waals surface area (Å²) in [5, 5.41) is 6.20. The number of hydrogen-bond donors (Lipinski definition) is 2. The van der Waals surface area contributed by atoms with Crippen LogP contribution in [0.1, 0.15) is 27.0 Å². The number of benzene rings is 2. The first-order valence-electron chi connectivity index (χ1n) is 10.1. The van der Waals surface area contributed by atoms with Gasteiger partial charge in [0.15, 0.2) is 0 Å². The monoisotopic (exact) mass is 394 g/mol. The van der Waals surface area contributed by atoms with Crippen LogP contribution in [0.25, 0.3) is 0 Å². The van der Waals surface area contributed by atoms with E-state index in [1.165, 1.54) is 5.56 Å². The van der Waals surface area contributed by atoms with Gasteiger partial charge in [-0.3, -0.25) is 20.0 Å². The highest BCUT2D eigenvalue weighted by Gasteiger charge is 2.12. The molecule has 0 saturated carbocycles. The number of carbonyl (C=O) groups excluding carboxylic acids is 1. The van der Waals surface area contributed by atoms with E-state index in [0.29, 0.717) is 18.1 Å². The van der Waals surface area contributed by atoms with E-state index in [-0.39, 0.29) is 5.91 Å². The van der Waals surface area contributed by atoms with Crippen molar-refractivity contribution in [3.05, 3.63) is 64.7 Å². The summed E-state index contributed by atoms with van der Waals surface area (Å²) in [5.74, 6) is 0.297. The molecule has 154 valence electrons. The zero-order chi connectivity index (χ0) is 20.6. The fourth-order valence-electron chi connectivity index (χ4n) is 3.16. The van der Waals surface area contributed by atoms with Gasteiger partial charge < -0.3 is 10.1 Å². The Hall–Kier alpha value is -2.70. The molecule has 1 aliphatic rings. The molecule has 1 aliphatic heterocycles. The molecule has 1 amide bonds. The fraction of sp³-hybridized carbons (Fsp3) is 0.391. The molecule has 1 fully saturated rings. The van der Waals surface area contributed by atoms with Crippen molar-refractivity contribution in [2.45, 2.75) is 20.8 Å². The number of rotatable bonds is 5. The zero-order valence-electron chi connectivity index (χ0n) is 17.5. The van der Waals surface area contributed by atoms with Gasteiger partial charge in [-0.25, -0.2) is 0 Å². The van der Waals surface area contributed by atoms with Crippen LogP contribution in [0.15, 0.2) is 47.5 Å². The van der Waals surface area contributed by atoms with Crippen LogP contribution in [0.2, 0.25) is 0 Å². The van der Waals surface area contributed by atoms with Gasteiger partial charge in [0, 0.05) is 30.9 Å². The van der Waals surface area contributed by atoms with E-state index >= 15 is 0 Å². The van der Waals surface area contributed by atoms with Crippen molar-refractivity contribution < 1.29 is 9.53 Å². The molecule has 29 heavy (non-hydrogen) atoms. The number of aryl methyl sites for hydroxylation is 3. The average Bonchev–Trinajstić information content (AvgIpc) is 2.71. The minimum atomic E-state index is -0.168. The molecule has 0 unspecified atom stereocenters. The fourth-order valence-corrected chi connectivity index (χ4v) is 3.16. The largest absolute Gasteiger partial charge is 0.379 e. The van der Waals surface area contributed by atoms with Gasteiger partial charge >= 0.3 is 0 Å². The Balaban J connectivity index is 1.70. The van der Waals surface area contributed by atoms with Crippen LogP contribution < -0.4 is 10.6 Å². The van der Waals surface area contributed by atoms with E-state index in [1.807, 2.05) is 63.2 Å². The van der Waals surface area contributed by atoms with Crippen LogP contribution in [0.3, 0.4) is 0 Å². The lowest BCUT2D eigenvalue weighted by Crippen LogP contribution is -2.39. The lowest BCUT2D eigenvalue weighted by atomic mass is 10.1. The molecule has 0 bridgehead atoms. The molecule has 0 radical (unpaired) electrons. The Morgan fingerprint density at radius 2 is 1.86 bits per heavy atom. The predicted octanol–water partition coefficient (Wildman–Crippen LogP) is 3.14. The summed E-state index contributed by atoms with van der Waals surface area (Å²) in [4.78, 5) is 19.7. The Bertz CT molecular complexity index is 873. The number of morpholine rings is 1. The first kappa shape index (κ1) is 21.0. The maximum Gasteiger partial charge on any atom is 0.257 e. The highest BCUT2D eigenvalue weighted by Crippen LogP contribution is 2.11. The first-order chi connectivity index (χ1) is 14.0. The molecule has 0 spiro atoms. The summed E-state index contributed by atoms with van der Waals surface area (Å²) in [6.07, 6.45) is 0. The summed E-state index contributed by atoms with van der Waals surface area (Å²) in [5.41, 5.74) is 4.92. The molecule has 0 aromatic heterocycles. The second kappa shape index (κ2) is 10.2. The summed E-state index contributed by atoms with van der Waals surface area (Å²) in [6, 6.07) is 13.7. The number of hydrogen-bond acceptors (Lipinski definition) is 4. The van der Waals surface area contributed by atoms with Crippen molar-refractivity contribution in [1.82, 2.24) is 10.2 Å². The molecule has 2 aromatic carbocycles. The van der Waals surface area contributed by atoms with Gasteiger partial charge in [-0.15, -0.1) is 0 Å². The number of nitrogens with one attached hydrogen (secondary N) is 2. The van der Waals surface area contributed by atoms with E-state index in [4.69, 9.17) is 4.74 Å². The van der Waals surface area contributed by atoms with Gasteiger partial charge in [0.05, 0.1) is 19.8 Å². The van der Waals surface area contributed by atoms with Crippen LogP contribution in [0.4, 0.5) is 5.69 Å². The molecule has 3 rings (SSSR count). The number of nitrogens with zero attached hydrogens (tertiary/aromatic N) is 2. The van der Waals surface area contributed by atoms with Gasteiger partial charge in [-0.1, -0.05) is 18.2 Å². The molecule has 2 N–H and O–H groups in total. The summed E-state index contributed by atoms with van der Waals surface area (Å²) in [7, 11) is 0. The van der Waals surface area contributed by atoms with E-state index in [2.05, 4.69) is 20.5 Å². The Kier molecular flexibility index (Phi) is 7.38. The molecule has 6 heteroatoms. The van der Waals surface area contributed by atoms with Gasteiger partial charge in [0.2, 0.25) is 5.96 Å². The SMILES string of the molecule is Cc1cccc(NC(=NCCN2CCOCC2)NC(=O)c2ccc(C)c(C)c2)c1. The number of carbonyl (C=O) groups is 1. The third-order valence-corrected chi connectivity index (χ3v) is 5.07. The highest BCUT2D eigenvalue weighted by atomic mass is 16.5. The van der Waals surface area contributed by atoms with Crippen molar-refractivity contribution in [3.63, 3.8) is 0 Å². The van der Waals surface area contributed by atoms with Crippen molar-refractivity contribution in [2.75, 3.05) is 44.7 Å². The molecule has 1 heterocycles. The maximum atomic E-state index is 12.8. The van der Waals surface area contributed by atoms with Crippen LogP contribution in [0, 0.1) is 20.8 Å². The van der Waals surface area contributed by atoms with Gasteiger partial charge in [0.1, 0.15) is 0 Å². The molecule has 0 aliphatic carbocycles. The van der Waals surface area contributed by atoms with Crippen molar-refractivity contribution in [2.24, 2.45) is 4.99 Å². The topological polar surface area (TPSA) is 66.0 Å². The Morgan fingerprint density at radius 1 is 1.07 bits per heavy atom. The normalized spacial score (nSPS) is 15.2. The summed E-state index contributed by atoms with van der Waals surface area (Å²) >= 11 is 0. The van der Waals surface area contributed by atoms with Crippen LogP contribution in [0.5, 0.6) is 0 Å². The Labute approximate surface area is 173 Å². The summed E-state index contributed by atoms with van der Waals surface area (Å²) < 4.78 is 5.39. The van der Waals surface area contributed by atoms with Crippen molar-refractivity contribution >= 4 is 17.6 Å². The van der Waals surface area contributed by atoms with Gasteiger partial charge in [-0.05, 0) is 61.7 Å². The van der Waals surface area contributed by atoms with Crippen LogP contribution in [-0.4, -0.2) is 56.2 Å². The second-order valence-electron chi connectivity index (χ2n) is 7.43. The Morgan fingerprint density at radius 3 is 2.59 bits per heavy atom. The predicted molar refractivity (Wildman–Crippen MR) is 118 cm³/mol. The molecule has 6 nitrogen and oxygen atoms in total. The maximum absolute atomic E-state index is 12.8. The second-order valence-corrected chi connectivity index (χ2v) is 7.43. The average molecular weight is 395 g/mol. The number of ether oxygens (including phenoxy) is 1. The van der Waals surface area contributed by atoms with E-state index in [9.17, 15) is 4.79 Å². The molecule has 0 atom stereocenters. The third kappa shape index (κ3) is 6.41. The third-order valence-electron chi connectivity index (χ3n) is 5.07. The highest BCUT2D eigenvalue weighted by molar-refractivity contribution is 6.10. The number of anilines is 1. The van der Waals surface area contributed by atoms with Crippen LogP contribution in [-0.2, 0) is 4.74 Å². The number of aliphatic imine (C=N–C) groups is 1. The van der Waals surface area contributed by atoms with Gasteiger partial charge in [0.25, 0.3) is 5.91 Å². The minimum absolute atomic E-state index is 0.168. The molecular weight excluding hydrogens is 364 g/mol. The minimum Gasteiger partial charge on any atom is -0.379 e. The van der Waals surface area contributed by atoms with E-state index in [0.717, 1.165) is 49.7 Å². The summed E-state index contributed by atoms with van der Waals surface area (Å²) in [6.45, 7) is 10.9. The lowest BCUT2D eigenvalue weighted by molar-refractivity contribution is 0.0394. The number of amides is 1. The van der Waals surface area contributed by atoms with Crippen molar-refractivity contribution in [1.29, 1.82) is 0 Å². The van der Waals surface area contributed by atoms with Gasteiger partial charge in [-0.2, -0.15) is 0 Å². The van der Waals surface area contributed by atoms with Crippen LogP contribution >= 0.6 is 0 Å². The van der Waals surface area contributed by atoms with Crippen molar-refractivity contribution in [3.8, 4) is 0 Å². The number of guanidine groups is 1. The molecule has 1 saturated heterocycles. The quantitative estimate of drug-likeness (QED) is 0.604. The van der Waals surface area contributed by atoms with E-state index < -0.39 is 0 Å². The first-order valence-corrected chi connectivity index (χ1v) is 10.1.